The highest BCUT2D eigenvalue weighted by atomic mass is 35.5. The molecule has 1 rings (SSSR count). The van der Waals surface area contributed by atoms with Crippen molar-refractivity contribution in [2.24, 2.45) is 0 Å². The molecule has 1 fully saturated rings. The van der Waals surface area contributed by atoms with E-state index in [1.807, 2.05) is 0 Å². The van der Waals surface area contributed by atoms with E-state index in [0.29, 0.717) is 0 Å². The van der Waals surface area contributed by atoms with Gasteiger partial charge in [0, 0.05) is 10.6 Å². The minimum atomic E-state index is -3.06. The number of rotatable bonds is 3. The molecule has 0 amide bonds. The smallest absolute Gasteiger partial charge is 0.158 e. The summed E-state index contributed by atoms with van der Waals surface area (Å²) in [6.45, 7) is 0. The lowest BCUT2D eigenvalue weighted by Crippen LogP contribution is -2.20. The van der Waals surface area contributed by atoms with Gasteiger partial charge in [-0.2, -0.15) is 0 Å². The van der Waals surface area contributed by atoms with Crippen molar-refractivity contribution in [2.75, 3.05) is 5.75 Å². The van der Waals surface area contributed by atoms with E-state index in [0.717, 1.165) is 31.2 Å². The average Bonchev–Trinajstić information content (AvgIpc) is 2.55. The summed E-state index contributed by atoms with van der Waals surface area (Å²) in [6.07, 6.45) is 3.56. The Hall–Kier alpha value is 0.270. The lowest BCUT2D eigenvalue weighted by Gasteiger charge is -2.09. The fraction of sp³-hybridized carbons (Fsp3) is 0.750. The van der Waals surface area contributed by atoms with Gasteiger partial charge >= 0.3 is 0 Å². The van der Waals surface area contributed by atoms with E-state index in [4.69, 9.17) is 23.2 Å². The van der Waals surface area contributed by atoms with Crippen LogP contribution in [0.15, 0.2) is 10.6 Å². The molecular formula is C8H12Cl2O2S. The lowest BCUT2D eigenvalue weighted by molar-refractivity contribution is 0.582. The third kappa shape index (κ3) is 3.15. The van der Waals surface area contributed by atoms with E-state index in [1.54, 1.807) is 0 Å². The number of sulfone groups is 1. The Balaban J connectivity index is 2.65. The Kier molecular flexibility index (Phi) is 4.07. The summed E-state index contributed by atoms with van der Waals surface area (Å²) in [6, 6.07) is 0. The third-order valence-electron chi connectivity index (χ3n) is 2.27. The first kappa shape index (κ1) is 11.3. The van der Waals surface area contributed by atoms with Crippen molar-refractivity contribution in [1.29, 1.82) is 0 Å². The van der Waals surface area contributed by atoms with Gasteiger partial charge in [0.25, 0.3) is 0 Å². The predicted molar refractivity (Wildman–Crippen MR) is 55.8 cm³/mol. The van der Waals surface area contributed by atoms with Crippen LogP contribution < -0.4 is 0 Å². The molecule has 0 aromatic heterocycles. The minimum Gasteiger partial charge on any atom is -0.228 e. The van der Waals surface area contributed by atoms with Gasteiger partial charge in [-0.05, 0) is 12.8 Å². The summed E-state index contributed by atoms with van der Waals surface area (Å²) in [5.74, 6) is -0.108. The summed E-state index contributed by atoms with van der Waals surface area (Å²) in [7, 11) is -3.06. The third-order valence-corrected chi connectivity index (χ3v) is 5.24. The van der Waals surface area contributed by atoms with Crippen LogP contribution in [0.3, 0.4) is 0 Å². The van der Waals surface area contributed by atoms with E-state index in [-0.39, 0.29) is 16.0 Å². The Morgan fingerprint density at radius 2 is 1.92 bits per heavy atom. The van der Waals surface area contributed by atoms with Crippen molar-refractivity contribution >= 4 is 33.0 Å². The second-order valence-electron chi connectivity index (χ2n) is 3.27. The van der Waals surface area contributed by atoms with E-state index < -0.39 is 9.84 Å². The number of hydrogen-bond donors (Lipinski definition) is 0. The minimum absolute atomic E-state index is 0.108. The highest BCUT2D eigenvalue weighted by molar-refractivity contribution is 7.92. The quantitative estimate of drug-likeness (QED) is 0.763. The van der Waals surface area contributed by atoms with Crippen LogP contribution in [0.2, 0.25) is 0 Å². The van der Waals surface area contributed by atoms with Crippen molar-refractivity contribution in [3.63, 3.8) is 0 Å². The summed E-state index contributed by atoms with van der Waals surface area (Å²) in [5, 5.41) is 0.00596. The van der Waals surface area contributed by atoms with Crippen LogP contribution in [0.4, 0.5) is 0 Å². The van der Waals surface area contributed by atoms with Crippen molar-refractivity contribution in [3.8, 4) is 0 Å². The summed E-state index contributed by atoms with van der Waals surface area (Å²) >= 11 is 10.9. The monoisotopic (exact) mass is 242 g/mol. The largest absolute Gasteiger partial charge is 0.228 e. The van der Waals surface area contributed by atoms with Crippen LogP contribution in [0.25, 0.3) is 0 Å². The van der Waals surface area contributed by atoms with Crippen molar-refractivity contribution in [2.45, 2.75) is 30.9 Å². The predicted octanol–water partition coefficient (Wildman–Crippen LogP) is 2.66. The molecule has 0 aromatic carbocycles. The van der Waals surface area contributed by atoms with Crippen LogP contribution in [0.1, 0.15) is 25.7 Å². The van der Waals surface area contributed by atoms with Gasteiger partial charge in [0.2, 0.25) is 0 Å². The molecule has 5 heteroatoms. The molecule has 0 unspecified atom stereocenters. The maximum Gasteiger partial charge on any atom is 0.158 e. The topological polar surface area (TPSA) is 34.1 Å². The van der Waals surface area contributed by atoms with Gasteiger partial charge in [0.15, 0.2) is 9.84 Å². The van der Waals surface area contributed by atoms with Crippen molar-refractivity contribution in [3.05, 3.63) is 10.6 Å². The van der Waals surface area contributed by atoms with Gasteiger partial charge in [-0.3, -0.25) is 0 Å². The van der Waals surface area contributed by atoms with Crippen LogP contribution in [-0.2, 0) is 9.84 Å². The second-order valence-corrected chi connectivity index (χ2v) is 6.25. The molecular weight excluding hydrogens is 231 g/mol. The molecule has 0 aromatic rings. The average molecular weight is 243 g/mol. The number of halogens is 2. The van der Waals surface area contributed by atoms with Gasteiger partial charge in [-0.15, -0.1) is 0 Å². The van der Waals surface area contributed by atoms with Crippen LogP contribution in [0.5, 0.6) is 0 Å². The zero-order chi connectivity index (χ0) is 9.90. The molecule has 0 radical (unpaired) electrons. The first-order valence-corrected chi connectivity index (χ1v) is 6.75. The Morgan fingerprint density at radius 1 is 1.38 bits per heavy atom. The van der Waals surface area contributed by atoms with Gasteiger partial charge in [0.1, 0.15) is 0 Å². The van der Waals surface area contributed by atoms with Crippen LogP contribution >= 0.6 is 23.2 Å². The molecule has 0 aliphatic heterocycles. The Labute approximate surface area is 88.8 Å². The van der Waals surface area contributed by atoms with Gasteiger partial charge < -0.3 is 0 Å². The summed E-state index contributed by atoms with van der Waals surface area (Å²) in [4.78, 5) is 0. The first-order chi connectivity index (χ1) is 6.06. The fourth-order valence-electron chi connectivity index (χ4n) is 1.59. The second kappa shape index (κ2) is 4.67. The van der Waals surface area contributed by atoms with E-state index in [9.17, 15) is 8.42 Å². The summed E-state index contributed by atoms with van der Waals surface area (Å²) < 4.78 is 23.2. The normalized spacial score (nSPS) is 20.9. The fourth-order valence-corrected chi connectivity index (χ4v) is 3.97. The molecule has 0 saturated heterocycles. The molecule has 2 nitrogen and oxygen atoms in total. The molecule has 1 aliphatic rings. The Bertz CT molecular complexity index is 289. The summed E-state index contributed by atoms with van der Waals surface area (Å²) in [5.41, 5.74) is 1.12. The molecule has 1 saturated carbocycles. The molecule has 0 N–H and O–H groups in total. The maximum atomic E-state index is 11.6. The van der Waals surface area contributed by atoms with E-state index >= 15 is 0 Å². The SMILES string of the molecule is O=S(=O)(C/C(Cl)=C\Cl)C1CCCC1. The highest BCUT2D eigenvalue weighted by Crippen LogP contribution is 2.26. The van der Waals surface area contributed by atoms with Gasteiger partial charge in [0.05, 0.1) is 11.0 Å². The standard InChI is InChI=1S/C8H12Cl2O2S/c9-5-7(10)6-13(11,12)8-3-1-2-4-8/h5,8H,1-4,6H2/b7-5+. The molecule has 0 spiro atoms. The first-order valence-electron chi connectivity index (χ1n) is 4.22. The molecule has 13 heavy (non-hydrogen) atoms. The van der Waals surface area contributed by atoms with Crippen molar-refractivity contribution in [1.82, 2.24) is 0 Å². The maximum absolute atomic E-state index is 11.6. The van der Waals surface area contributed by atoms with Crippen LogP contribution in [0, 0.1) is 0 Å². The Morgan fingerprint density at radius 3 is 2.38 bits per heavy atom. The van der Waals surface area contributed by atoms with E-state index in [1.165, 1.54) is 0 Å². The van der Waals surface area contributed by atoms with Crippen molar-refractivity contribution < 1.29 is 8.42 Å². The molecule has 0 heterocycles. The zero-order valence-electron chi connectivity index (χ0n) is 7.17. The molecule has 0 bridgehead atoms. The van der Waals surface area contributed by atoms with E-state index in [2.05, 4.69) is 0 Å². The molecule has 76 valence electrons. The highest BCUT2D eigenvalue weighted by Gasteiger charge is 2.28. The molecule has 0 atom stereocenters. The van der Waals surface area contributed by atoms with Gasteiger partial charge in [-0.1, -0.05) is 36.0 Å². The zero-order valence-corrected chi connectivity index (χ0v) is 9.50. The number of hydrogen-bond acceptors (Lipinski definition) is 2. The molecule has 1 aliphatic carbocycles. The lowest BCUT2D eigenvalue weighted by atomic mass is 10.4. The van der Waals surface area contributed by atoms with Gasteiger partial charge in [-0.25, -0.2) is 8.42 Å². The van der Waals surface area contributed by atoms with Crippen LogP contribution in [-0.4, -0.2) is 19.4 Å².